The van der Waals surface area contributed by atoms with Crippen LogP contribution in [-0.4, -0.2) is 34.5 Å². The van der Waals surface area contributed by atoms with E-state index >= 15 is 0 Å². The molecule has 0 radical (unpaired) electrons. The number of hydrogen-bond acceptors (Lipinski definition) is 2. The third kappa shape index (κ3) is 2.34. The lowest BCUT2D eigenvalue weighted by Crippen LogP contribution is -2.47. The molecule has 78 valence electrons. The Bertz CT molecular complexity index is 260. The van der Waals surface area contributed by atoms with Crippen LogP contribution >= 0.6 is 0 Å². The van der Waals surface area contributed by atoms with Crippen molar-refractivity contribution in [1.82, 2.24) is 4.90 Å². The van der Waals surface area contributed by atoms with Gasteiger partial charge in [0.2, 0.25) is 5.91 Å². The minimum Gasteiger partial charge on any atom is -0.480 e. The number of aliphatic carboxylic acids is 1. The Morgan fingerprint density at radius 2 is 2.14 bits per heavy atom. The average Bonchev–Trinajstić information content (AvgIpc) is 2.18. The smallest absolute Gasteiger partial charge is 0.326 e. The zero-order chi connectivity index (χ0) is 10.6. The highest BCUT2D eigenvalue weighted by Crippen LogP contribution is 2.17. The van der Waals surface area contributed by atoms with Gasteiger partial charge in [-0.1, -0.05) is 6.08 Å². The van der Waals surface area contributed by atoms with E-state index in [1.54, 1.807) is 13.0 Å². The molecule has 1 amide bonds. The predicted molar refractivity (Wildman–Crippen MR) is 51.8 cm³/mol. The van der Waals surface area contributed by atoms with Gasteiger partial charge in [-0.25, -0.2) is 4.79 Å². The van der Waals surface area contributed by atoms with E-state index in [1.165, 1.54) is 11.0 Å². The lowest BCUT2D eigenvalue weighted by molar-refractivity contribution is -0.150. The molecule has 0 aromatic rings. The summed E-state index contributed by atoms with van der Waals surface area (Å²) in [5, 5.41) is 8.91. The summed E-state index contributed by atoms with van der Waals surface area (Å²) in [7, 11) is 0. The Labute approximate surface area is 83.2 Å². The summed E-state index contributed by atoms with van der Waals surface area (Å²) in [6.45, 7) is 2.30. The quantitative estimate of drug-likeness (QED) is 0.672. The second-order valence-electron chi connectivity index (χ2n) is 3.38. The van der Waals surface area contributed by atoms with Crippen molar-refractivity contribution in [3.05, 3.63) is 12.2 Å². The summed E-state index contributed by atoms with van der Waals surface area (Å²) in [6.07, 6.45) is 5.40. The van der Waals surface area contributed by atoms with E-state index in [1.807, 2.05) is 0 Å². The molecule has 14 heavy (non-hydrogen) atoms. The van der Waals surface area contributed by atoms with Crippen molar-refractivity contribution in [2.24, 2.45) is 0 Å². The molecular formula is C10H15NO3. The van der Waals surface area contributed by atoms with Crippen LogP contribution in [0.15, 0.2) is 12.2 Å². The summed E-state index contributed by atoms with van der Waals surface area (Å²) in [4.78, 5) is 23.8. The van der Waals surface area contributed by atoms with Crippen molar-refractivity contribution in [3.63, 3.8) is 0 Å². The fourth-order valence-corrected chi connectivity index (χ4v) is 1.69. The SMILES string of the molecule is C/C=C/C(=O)N1CCCCC1C(=O)O. The predicted octanol–water partition coefficient (Wildman–Crippen LogP) is 1.03. The molecule has 1 unspecified atom stereocenters. The Kier molecular flexibility index (Phi) is 3.68. The highest BCUT2D eigenvalue weighted by molar-refractivity contribution is 5.91. The number of allylic oxidation sites excluding steroid dienone is 1. The number of nitrogens with zero attached hydrogens (tertiary/aromatic N) is 1. The lowest BCUT2D eigenvalue weighted by Gasteiger charge is -2.32. The molecular weight excluding hydrogens is 182 g/mol. The second-order valence-corrected chi connectivity index (χ2v) is 3.38. The molecule has 0 saturated carbocycles. The monoisotopic (exact) mass is 197 g/mol. The standard InChI is InChI=1S/C10H15NO3/c1-2-5-9(12)11-7-4-3-6-8(11)10(13)14/h2,5,8H,3-4,6-7H2,1H3,(H,13,14)/b5-2+. The normalized spacial score (nSPS) is 22.6. The van der Waals surface area contributed by atoms with Gasteiger partial charge in [0, 0.05) is 6.54 Å². The van der Waals surface area contributed by atoms with E-state index in [4.69, 9.17) is 5.11 Å². The number of carboxylic acid groups (broad SMARTS) is 1. The highest BCUT2D eigenvalue weighted by atomic mass is 16.4. The first-order valence-electron chi connectivity index (χ1n) is 4.83. The maximum absolute atomic E-state index is 11.5. The van der Waals surface area contributed by atoms with Crippen molar-refractivity contribution < 1.29 is 14.7 Å². The second kappa shape index (κ2) is 4.79. The summed E-state index contributed by atoms with van der Waals surface area (Å²) in [6, 6.07) is -0.632. The van der Waals surface area contributed by atoms with Gasteiger partial charge in [-0.15, -0.1) is 0 Å². The third-order valence-electron chi connectivity index (χ3n) is 2.38. The molecule has 0 aromatic heterocycles. The fraction of sp³-hybridized carbons (Fsp3) is 0.600. The first kappa shape index (κ1) is 10.8. The van der Waals surface area contributed by atoms with E-state index in [-0.39, 0.29) is 5.91 Å². The molecule has 4 heteroatoms. The molecule has 1 heterocycles. The first-order chi connectivity index (χ1) is 6.66. The molecule has 4 nitrogen and oxygen atoms in total. The van der Waals surface area contributed by atoms with Crippen LogP contribution in [0.1, 0.15) is 26.2 Å². The number of hydrogen-bond donors (Lipinski definition) is 1. The van der Waals surface area contributed by atoms with Crippen LogP contribution in [-0.2, 0) is 9.59 Å². The number of carbonyl (C=O) groups excluding carboxylic acids is 1. The van der Waals surface area contributed by atoms with E-state index in [0.29, 0.717) is 13.0 Å². The van der Waals surface area contributed by atoms with E-state index in [2.05, 4.69) is 0 Å². The van der Waals surface area contributed by atoms with Crippen LogP contribution in [0.4, 0.5) is 0 Å². The van der Waals surface area contributed by atoms with Crippen LogP contribution in [0.5, 0.6) is 0 Å². The van der Waals surface area contributed by atoms with Crippen LogP contribution in [0.3, 0.4) is 0 Å². The van der Waals surface area contributed by atoms with Crippen molar-refractivity contribution in [2.45, 2.75) is 32.2 Å². The van der Waals surface area contributed by atoms with Gasteiger partial charge in [0.25, 0.3) is 0 Å². The maximum Gasteiger partial charge on any atom is 0.326 e. The largest absolute Gasteiger partial charge is 0.480 e. The van der Waals surface area contributed by atoms with E-state index in [9.17, 15) is 9.59 Å². The average molecular weight is 197 g/mol. The molecule has 1 N–H and O–H groups in total. The molecule has 0 bridgehead atoms. The summed E-state index contributed by atoms with van der Waals surface area (Å²) < 4.78 is 0. The Hall–Kier alpha value is -1.32. The van der Waals surface area contributed by atoms with Gasteiger partial charge in [0.15, 0.2) is 0 Å². The molecule has 1 rings (SSSR count). The van der Waals surface area contributed by atoms with Crippen molar-refractivity contribution in [2.75, 3.05) is 6.54 Å². The summed E-state index contributed by atoms with van der Waals surface area (Å²) in [5.74, 6) is -1.10. The van der Waals surface area contributed by atoms with Crippen LogP contribution in [0.2, 0.25) is 0 Å². The van der Waals surface area contributed by atoms with Gasteiger partial charge < -0.3 is 10.0 Å². The molecule has 1 fully saturated rings. The number of amides is 1. The highest BCUT2D eigenvalue weighted by Gasteiger charge is 2.30. The molecule has 1 saturated heterocycles. The molecule has 1 aliphatic heterocycles. The van der Waals surface area contributed by atoms with Gasteiger partial charge in [0.1, 0.15) is 6.04 Å². The van der Waals surface area contributed by atoms with Crippen LogP contribution in [0.25, 0.3) is 0 Å². The summed E-state index contributed by atoms with van der Waals surface area (Å²) >= 11 is 0. The van der Waals surface area contributed by atoms with Gasteiger partial charge in [-0.2, -0.15) is 0 Å². The van der Waals surface area contributed by atoms with Crippen LogP contribution in [0, 0.1) is 0 Å². The maximum atomic E-state index is 11.5. The van der Waals surface area contributed by atoms with Gasteiger partial charge in [-0.05, 0) is 32.3 Å². The third-order valence-corrected chi connectivity index (χ3v) is 2.38. The first-order valence-corrected chi connectivity index (χ1v) is 4.83. The van der Waals surface area contributed by atoms with Gasteiger partial charge in [0.05, 0.1) is 0 Å². The minimum atomic E-state index is -0.900. The zero-order valence-corrected chi connectivity index (χ0v) is 8.27. The molecule has 0 aliphatic carbocycles. The molecule has 1 aliphatic rings. The lowest BCUT2D eigenvalue weighted by atomic mass is 10.0. The van der Waals surface area contributed by atoms with Crippen molar-refractivity contribution in [1.29, 1.82) is 0 Å². The number of piperidine rings is 1. The van der Waals surface area contributed by atoms with Gasteiger partial charge >= 0.3 is 5.97 Å². The molecule has 1 atom stereocenters. The Morgan fingerprint density at radius 1 is 1.43 bits per heavy atom. The zero-order valence-electron chi connectivity index (χ0n) is 8.27. The summed E-state index contributed by atoms with van der Waals surface area (Å²) in [5.41, 5.74) is 0. The fourth-order valence-electron chi connectivity index (χ4n) is 1.69. The van der Waals surface area contributed by atoms with E-state index in [0.717, 1.165) is 12.8 Å². The van der Waals surface area contributed by atoms with Crippen LogP contribution < -0.4 is 0 Å². The van der Waals surface area contributed by atoms with Crippen molar-refractivity contribution in [3.8, 4) is 0 Å². The Morgan fingerprint density at radius 3 is 2.71 bits per heavy atom. The number of carboxylic acids is 1. The molecule has 0 spiro atoms. The van der Waals surface area contributed by atoms with E-state index < -0.39 is 12.0 Å². The Balaban J connectivity index is 2.72. The topological polar surface area (TPSA) is 57.6 Å². The number of rotatable bonds is 2. The van der Waals surface area contributed by atoms with Crippen molar-refractivity contribution >= 4 is 11.9 Å². The minimum absolute atomic E-state index is 0.195. The van der Waals surface area contributed by atoms with Gasteiger partial charge in [-0.3, -0.25) is 4.79 Å². The number of carbonyl (C=O) groups is 2. The number of likely N-dealkylation sites (tertiary alicyclic amines) is 1. The molecule has 0 aromatic carbocycles.